The molecule has 2 aromatic heterocycles. The predicted molar refractivity (Wildman–Crippen MR) is 95.5 cm³/mol. The summed E-state index contributed by atoms with van der Waals surface area (Å²) in [6.07, 6.45) is 0. The summed E-state index contributed by atoms with van der Waals surface area (Å²) < 4.78 is 11.6. The molecule has 1 aliphatic heterocycles. The summed E-state index contributed by atoms with van der Waals surface area (Å²) in [7, 11) is 1.66. The van der Waals surface area contributed by atoms with Gasteiger partial charge in [0.05, 0.1) is 17.5 Å². The lowest BCUT2D eigenvalue weighted by Gasteiger charge is -2.33. The van der Waals surface area contributed by atoms with E-state index in [1.165, 1.54) is 0 Å². The third-order valence-corrected chi connectivity index (χ3v) is 5.35. The summed E-state index contributed by atoms with van der Waals surface area (Å²) in [5.74, 6) is 0.983. The number of fused-ring (bicyclic) bond motifs is 1. The van der Waals surface area contributed by atoms with Gasteiger partial charge in [-0.05, 0) is 19.1 Å². The van der Waals surface area contributed by atoms with Gasteiger partial charge in [0, 0.05) is 32.2 Å². The zero-order chi connectivity index (χ0) is 17.4. The van der Waals surface area contributed by atoms with Gasteiger partial charge in [0.2, 0.25) is 5.76 Å². The van der Waals surface area contributed by atoms with Crippen LogP contribution in [0.4, 0.5) is 5.13 Å². The minimum atomic E-state index is -0.105. The van der Waals surface area contributed by atoms with Crippen molar-refractivity contribution in [2.45, 2.75) is 6.92 Å². The van der Waals surface area contributed by atoms with Crippen molar-refractivity contribution in [1.29, 1.82) is 0 Å². The molecule has 1 fully saturated rings. The fraction of sp³-hybridized carbons (Fsp3) is 0.353. The third kappa shape index (κ3) is 2.93. The summed E-state index contributed by atoms with van der Waals surface area (Å²) in [5, 5.41) is 4.74. The largest absolute Gasteiger partial charge is 0.494 e. The van der Waals surface area contributed by atoms with Gasteiger partial charge in [-0.2, -0.15) is 0 Å². The Labute approximate surface area is 148 Å². The van der Waals surface area contributed by atoms with Crippen LogP contribution in [-0.2, 0) is 0 Å². The number of anilines is 1. The number of nitrogens with zero attached hydrogens (tertiary/aromatic N) is 4. The van der Waals surface area contributed by atoms with Crippen LogP contribution >= 0.6 is 11.3 Å². The Morgan fingerprint density at radius 2 is 2.08 bits per heavy atom. The second kappa shape index (κ2) is 6.36. The molecule has 25 heavy (non-hydrogen) atoms. The fourth-order valence-electron chi connectivity index (χ4n) is 2.93. The number of aryl methyl sites for hydroxylation is 1. The van der Waals surface area contributed by atoms with Crippen molar-refractivity contribution in [3.8, 4) is 5.75 Å². The first-order chi connectivity index (χ1) is 12.2. The van der Waals surface area contributed by atoms with Gasteiger partial charge in [0.15, 0.2) is 5.13 Å². The number of aromatic nitrogens is 2. The van der Waals surface area contributed by atoms with E-state index < -0.39 is 0 Å². The normalized spacial score (nSPS) is 15.0. The number of piperazine rings is 1. The minimum Gasteiger partial charge on any atom is -0.494 e. The van der Waals surface area contributed by atoms with Crippen molar-refractivity contribution < 1.29 is 14.1 Å². The lowest BCUT2D eigenvalue weighted by molar-refractivity contribution is 0.0704. The molecule has 0 aliphatic carbocycles. The van der Waals surface area contributed by atoms with E-state index >= 15 is 0 Å². The molecule has 0 N–H and O–H groups in total. The molecule has 7 nitrogen and oxygen atoms in total. The Hall–Kier alpha value is -2.61. The van der Waals surface area contributed by atoms with Crippen molar-refractivity contribution >= 4 is 32.6 Å². The molecule has 0 spiro atoms. The van der Waals surface area contributed by atoms with Gasteiger partial charge in [-0.3, -0.25) is 4.79 Å². The van der Waals surface area contributed by atoms with Crippen LogP contribution in [0.3, 0.4) is 0 Å². The number of para-hydroxylation sites is 1. The molecule has 0 radical (unpaired) electrons. The van der Waals surface area contributed by atoms with Gasteiger partial charge in [-0.15, -0.1) is 0 Å². The zero-order valence-corrected chi connectivity index (χ0v) is 14.9. The van der Waals surface area contributed by atoms with Crippen LogP contribution in [0.15, 0.2) is 28.8 Å². The molecular weight excluding hydrogens is 340 g/mol. The number of thiazole rings is 1. The first kappa shape index (κ1) is 15.9. The van der Waals surface area contributed by atoms with Crippen molar-refractivity contribution in [3.63, 3.8) is 0 Å². The summed E-state index contributed by atoms with van der Waals surface area (Å²) >= 11 is 1.65. The van der Waals surface area contributed by atoms with Crippen molar-refractivity contribution in [1.82, 2.24) is 15.0 Å². The number of benzene rings is 1. The maximum Gasteiger partial charge on any atom is 0.292 e. The van der Waals surface area contributed by atoms with Gasteiger partial charge >= 0.3 is 0 Å². The second-order valence-corrected chi connectivity index (χ2v) is 6.92. The highest BCUT2D eigenvalue weighted by Gasteiger charge is 2.26. The van der Waals surface area contributed by atoms with E-state index in [0.29, 0.717) is 24.5 Å². The zero-order valence-electron chi connectivity index (χ0n) is 14.1. The van der Waals surface area contributed by atoms with Gasteiger partial charge in [0.25, 0.3) is 5.91 Å². The van der Waals surface area contributed by atoms with Crippen LogP contribution in [0.5, 0.6) is 5.75 Å². The van der Waals surface area contributed by atoms with Gasteiger partial charge in [-0.25, -0.2) is 4.98 Å². The van der Waals surface area contributed by atoms with Crippen molar-refractivity contribution in [3.05, 3.63) is 35.7 Å². The number of hydrogen-bond donors (Lipinski definition) is 0. The summed E-state index contributed by atoms with van der Waals surface area (Å²) in [6.45, 7) is 4.54. The molecule has 0 atom stereocenters. The number of carbonyl (C=O) groups excluding carboxylic acids is 1. The van der Waals surface area contributed by atoms with Crippen LogP contribution < -0.4 is 9.64 Å². The van der Waals surface area contributed by atoms with Gasteiger partial charge in [0.1, 0.15) is 11.3 Å². The van der Waals surface area contributed by atoms with Crippen LogP contribution in [0, 0.1) is 6.92 Å². The number of amides is 1. The highest BCUT2D eigenvalue weighted by atomic mass is 32.1. The monoisotopic (exact) mass is 358 g/mol. The Balaban J connectivity index is 1.47. The standard InChI is InChI=1S/C17H18N4O3S/c1-11-10-13(24-19-11)16(22)20-6-8-21(9-7-20)17-18-15-12(23-2)4-3-5-14(15)25-17/h3-5,10H,6-9H2,1-2H3. The lowest BCUT2D eigenvalue weighted by atomic mass is 10.3. The number of carbonyl (C=O) groups is 1. The van der Waals surface area contributed by atoms with Crippen LogP contribution in [0.25, 0.3) is 10.2 Å². The van der Waals surface area contributed by atoms with E-state index in [4.69, 9.17) is 14.2 Å². The molecule has 3 aromatic rings. The molecule has 0 unspecified atom stereocenters. The van der Waals surface area contributed by atoms with E-state index in [2.05, 4.69) is 10.1 Å². The van der Waals surface area contributed by atoms with E-state index in [9.17, 15) is 4.79 Å². The molecule has 130 valence electrons. The van der Waals surface area contributed by atoms with Crippen LogP contribution in [0.1, 0.15) is 16.2 Å². The molecule has 0 saturated carbocycles. The van der Waals surface area contributed by atoms with E-state index in [1.807, 2.05) is 18.2 Å². The van der Waals surface area contributed by atoms with Gasteiger partial charge < -0.3 is 19.1 Å². The smallest absolute Gasteiger partial charge is 0.292 e. The topological polar surface area (TPSA) is 71.7 Å². The number of ether oxygens (including phenoxy) is 1. The molecule has 3 heterocycles. The maximum atomic E-state index is 12.4. The SMILES string of the molecule is COc1cccc2sc(N3CCN(C(=O)c4cc(C)no4)CC3)nc12. The average Bonchev–Trinajstić information content (AvgIpc) is 3.27. The van der Waals surface area contributed by atoms with Gasteiger partial charge in [-0.1, -0.05) is 22.6 Å². The number of hydrogen-bond acceptors (Lipinski definition) is 7. The molecule has 8 heteroatoms. The molecular formula is C17H18N4O3S. The van der Waals surface area contributed by atoms with Crippen LogP contribution in [0.2, 0.25) is 0 Å². The number of rotatable bonds is 3. The first-order valence-corrected chi connectivity index (χ1v) is 8.88. The average molecular weight is 358 g/mol. The Kier molecular flexibility index (Phi) is 4.04. The van der Waals surface area contributed by atoms with Crippen LogP contribution in [-0.4, -0.2) is 54.2 Å². The minimum absolute atomic E-state index is 0.105. The van der Waals surface area contributed by atoms with E-state index in [-0.39, 0.29) is 5.91 Å². The molecule has 4 rings (SSSR count). The fourth-order valence-corrected chi connectivity index (χ4v) is 3.97. The second-order valence-electron chi connectivity index (χ2n) is 5.92. The first-order valence-electron chi connectivity index (χ1n) is 8.07. The molecule has 1 aliphatic rings. The Morgan fingerprint density at radius 1 is 1.28 bits per heavy atom. The Bertz CT molecular complexity index is 912. The molecule has 1 aromatic carbocycles. The maximum absolute atomic E-state index is 12.4. The van der Waals surface area contributed by atoms with Crippen molar-refractivity contribution in [2.75, 3.05) is 38.2 Å². The summed E-state index contributed by atoms with van der Waals surface area (Å²) in [5.41, 5.74) is 1.60. The number of methoxy groups -OCH3 is 1. The van der Waals surface area contributed by atoms with E-state index in [0.717, 1.165) is 34.2 Å². The molecule has 1 amide bonds. The highest BCUT2D eigenvalue weighted by Crippen LogP contribution is 2.34. The highest BCUT2D eigenvalue weighted by molar-refractivity contribution is 7.22. The summed E-state index contributed by atoms with van der Waals surface area (Å²) in [6, 6.07) is 7.61. The lowest BCUT2D eigenvalue weighted by Crippen LogP contribution is -2.48. The quantitative estimate of drug-likeness (QED) is 0.717. The summed E-state index contributed by atoms with van der Waals surface area (Å²) in [4.78, 5) is 21.2. The van der Waals surface area contributed by atoms with E-state index in [1.54, 1.807) is 36.3 Å². The predicted octanol–water partition coefficient (Wildman–Crippen LogP) is 2.56. The van der Waals surface area contributed by atoms with Crippen molar-refractivity contribution in [2.24, 2.45) is 0 Å². The third-order valence-electron chi connectivity index (χ3n) is 4.27. The Morgan fingerprint density at radius 3 is 2.76 bits per heavy atom. The molecule has 1 saturated heterocycles. The molecule has 0 bridgehead atoms.